The number of nitrogens with one attached hydrogen (secondary N) is 1. The lowest BCUT2D eigenvalue weighted by Crippen LogP contribution is -2.43. The van der Waals surface area contributed by atoms with Crippen LogP contribution in [0.3, 0.4) is 0 Å². The number of ether oxygens (including phenoxy) is 1. The number of hydrogen-bond donors (Lipinski definition) is 1. The molecule has 1 saturated heterocycles. The first-order valence-corrected chi connectivity index (χ1v) is 7.08. The van der Waals surface area contributed by atoms with Gasteiger partial charge in [0.05, 0.1) is 12.7 Å². The average molecular weight is 353 g/mol. The summed E-state index contributed by atoms with van der Waals surface area (Å²) in [5.41, 5.74) is 0.0488. The second-order valence-corrected chi connectivity index (χ2v) is 5.52. The summed E-state index contributed by atoms with van der Waals surface area (Å²) in [5.74, 6) is 0.269. The number of methoxy groups -OCH3 is 1. The molecule has 1 aromatic carbocycles. The molecule has 0 amide bonds. The van der Waals surface area contributed by atoms with Gasteiger partial charge in [-0.3, -0.25) is 4.90 Å². The number of hydrogen-bond acceptors (Lipinski definition) is 3. The van der Waals surface area contributed by atoms with Crippen molar-refractivity contribution in [2.75, 3.05) is 33.3 Å². The van der Waals surface area contributed by atoms with Gasteiger partial charge >= 0.3 is 6.18 Å². The van der Waals surface area contributed by atoms with Crippen molar-refractivity contribution in [3.8, 4) is 5.75 Å². The molecule has 1 aliphatic rings. The number of nitrogens with zero attached hydrogens (tertiary/aromatic N) is 1. The Labute approximate surface area is 124 Å². The Morgan fingerprint density at radius 3 is 2.50 bits per heavy atom. The van der Waals surface area contributed by atoms with E-state index in [1.807, 2.05) is 0 Å². The van der Waals surface area contributed by atoms with Crippen molar-refractivity contribution in [3.05, 3.63) is 27.7 Å². The van der Waals surface area contributed by atoms with Crippen LogP contribution in [0.1, 0.15) is 11.1 Å². The normalized spacial score (nSPS) is 17.2. The number of piperazine rings is 1. The fraction of sp³-hybridized carbons (Fsp3) is 0.538. The van der Waals surface area contributed by atoms with Crippen LogP contribution in [0.4, 0.5) is 13.2 Å². The van der Waals surface area contributed by atoms with Gasteiger partial charge in [-0.25, -0.2) is 0 Å². The summed E-state index contributed by atoms with van der Waals surface area (Å²) in [7, 11) is 1.39. The number of rotatable bonds is 3. The number of halogens is 4. The van der Waals surface area contributed by atoms with Gasteiger partial charge in [0.1, 0.15) is 5.75 Å². The maximum Gasteiger partial charge on any atom is 0.416 e. The molecule has 0 radical (unpaired) electrons. The molecule has 3 nitrogen and oxygen atoms in total. The zero-order chi connectivity index (χ0) is 14.8. The van der Waals surface area contributed by atoms with Crippen molar-refractivity contribution < 1.29 is 17.9 Å². The predicted molar refractivity (Wildman–Crippen MR) is 73.8 cm³/mol. The van der Waals surface area contributed by atoms with E-state index in [1.54, 1.807) is 0 Å². The Balaban J connectivity index is 2.27. The quantitative estimate of drug-likeness (QED) is 0.905. The van der Waals surface area contributed by atoms with Gasteiger partial charge in [0.15, 0.2) is 0 Å². The molecule has 1 aliphatic heterocycles. The number of benzene rings is 1. The zero-order valence-corrected chi connectivity index (χ0v) is 12.6. The van der Waals surface area contributed by atoms with Crippen molar-refractivity contribution in [2.45, 2.75) is 12.7 Å². The van der Waals surface area contributed by atoms with Crippen LogP contribution in [-0.4, -0.2) is 38.2 Å². The van der Waals surface area contributed by atoms with E-state index in [1.165, 1.54) is 7.11 Å². The Kier molecular flexibility index (Phi) is 4.93. The minimum absolute atomic E-state index is 0.269. The molecule has 112 valence electrons. The van der Waals surface area contributed by atoms with E-state index in [0.717, 1.165) is 43.9 Å². The lowest BCUT2D eigenvalue weighted by atomic mass is 10.1. The first kappa shape index (κ1) is 15.6. The maximum absolute atomic E-state index is 12.8. The van der Waals surface area contributed by atoms with Gasteiger partial charge in [-0.05, 0) is 12.1 Å². The van der Waals surface area contributed by atoms with Crippen molar-refractivity contribution >= 4 is 15.9 Å². The smallest absolute Gasteiger partial charge is 0.416 e. The van der Waals surface area contributed by atoms with Crippen LogP contribution >= 0.6 is 15.9 Å². The van der Waals surface area contributed by atoms with Crippen LogP contribution in [-0.2, 0) is 12.7 Å². The number of alkyl halides is 3. The standard InChI is InChI=1S/C13H16BrF3N2O/c1-20-12-7-9(13(15,16)17)6-11(14)10(12)8-19-4-2-18-3-5-19/h6-7,18H,2-5,8H2,1H3. The monoisotopic (exact) mass is 352 g/mol. The molecule has 1 N–H and O–H groups in total. The molecule has 0 unspecified atom stereocenters. The second-order valence-electron chi connectivity index (χ2n) is 4.66. The van der Waals surface area contributed by atoms with Gasteiger partial charge < -0.3 is 10.1 Å². The highest BCUT2D eigenvalue weighted by molar-refractivity contribution is 9.10. The lowest BCUT2D eigenvalue weighted by Gasteiger charge is -2.28. The second kappa shape index (κ2) is 6.32. The Bertz CT molecular complexity index is 473. The van der Waals surface area contributed by atoms with E-state index in [9.17, 15) is 13.2 Å². The molecule has 20 heavy (non-hydrogen) atoms. The molecule has 1 heterocycles. The summed E-state index contributed by atoms with van der Waals surface area (Å²) in [6, 6.07) is 2.17. The van der Waals surface area contributed by atoms with Gasteiger partial charge in [0.2, 0.25) is 0 Å². The fourth-order valence-corrected chi connectivity index (χ4v) is 2.77. The zero-order valence-electron chi connectivity index (χ0n) is 11.1. The minimum atomic E-state index is -4.37. The van der Waals surface area contributed by atoms with Crippen LogP contribution < -0.4 is 10.1 Å². The minimum Gasteiger partial charge on any atom is -0.496 e. The molecule has 0 bridgehead atoms. The first-order chi connectivity index (χ1) is 9.41. The summed E-state index contributed by atoms with van der Waals surface area (Å²) in [4.78, 5) is 2.19. The molecule has 0 spiro atoms. The van der Waals surface area contributed by atoms with E-state index in [2.05, 4.69) is 26.1 Å². The molecule has 0 saturated carbocycles. The van der Waals surface area contributed by atoms with E-state index in [0.29, 0.717) is 11.0 Å². The molecule has 0 aliphatic carbocycles. The lowest BCUT2D eigenvalue weighted by molar-refractivity contribution is -0.137. The van der Waals surface area contributed by atoms with E-state index >= 15 is 0 Å². The molecule has 2 rings (SSSR count). The van der Waals surface area contributed by atoms with E-state index in [4.69, 9.17) is 4.74 Å². The summed E-state index contributed by atoms with van der Waals surface area (Å²) in [5, 5.41) is 3.24. The Morgan fingerprint density at radius 2 is 1.95 bits per heavy atom. The predicted octanol–water partition coefficient (Wildman–Crippen LogP) is 2.88. The van der Waals surface area contributed by atoms with Gasteiger partial charge in [-0.1, -0.05) is 15.9 Å². The van der Waals surface area contributed by atoms with Gasteiger partial charge in [0, 0.05) is 42.8 Å². The Hall–Kier alpha value is -0.790. The van der Waals surface area contributed by atoms with Crippen molar-refractivity contribution in [1.82, 2.24) is 10.2 Å². The SMILES string of the molecule is COc1cc(C(F)(F)F)cc(Br)c1CN1CCNCC1. The van der Waals surface area contributed by atoms with Crippen LogP contribution in [0.5, 0.6) is 5.75 Å². The van der Waals surface area contributed by atoms with Crippen LogP contribution in [0, 0.1) is 0 Å². The van der Waals surface area contributed by atoms with Gasteiger partial charge in [0.25, 0.3) is 0 Å². The highest BCUT2D eigenvalue weighted by Crippen LogP contribution is 2.37. The molecule has 7 heteroatoms. The Morgan fingerprint density at radius 1 is 1.30 bits per heavy atom. The maximum atomic E-state index is 12.8. The van der Waals surface area contributed by atoms with Gasteiger partial charge in [-0.2, -0.15) is 13.2 Å². The largest absolute Gasteiger partial charge is 0.496 e. The highest BCUT2D eigenvalue weighted by atomic mass is 79.9. The third kappa shape index (κ3) is 3.65. The molecular weight excluding hydrogens is 337 g/mol. The van der Waals surface area contributed by atoms with Crippen molar-refractivity contribution in [3.63, 3.8) is 0 Å². The average Bonchev–Trinajstić information content (AvgIpc) is 2.40. The summed E-state index contributed by atoms with van der Waals surface area (Å²) < 4.78 is 43.9. The highest BCUT2D eigenvalue weighted by Gasteiger charge is 2.32. The molecule has 1 aromatic rings. The summed E-state index contributed by atoms with van der Waals surface area (Å²) in [6.45, 7) is 4.10. The molecule has 1 fully saturated rings. The first-order valence-electron chi connectivity index (χ1n) is 6.28. The fourth-order valence-electron chi connectivity index (χ4n) is 2.20. The summed E-state index contributed by atoms with van der Waals surface area (Å²) >= 11 is 3.24. The topological polar surface area (TPSA) is 24.5 Å². The third-order valence-corrected chi connectivity index (χ3v) is 4.00. The van der Waals surface area contributed by atoms with Crippen LogP contribution in [0.2, 0.25) is 0 Å². The van der Waals surface area contributed by atoms with E-state index < -0.39 is 11.7 Å². The summed E-state index contributed by atoms with van der Waals surface area (Å²) in [6.07, 6.45) is -4.37. The van der Waals surface area contributed by atoms with Gasteiger partial charge in [-0.15, -0.1) is 0 Å². The molecule has 0 aromatic heterocycles. The molecule has 0 atom stereocenters. The van der Waals surface area contributed by atoms with Crippen LogP contribution in [0.25, 0.3) is 0 Å². The van der Waals surface area contributed by atoms with Crippen LogP contribution in [0.15, 0.2) is 16.6 Å². The van der Waals surface area contributed by atoms with E-state index in [-0.39, 0.29) is 5.75 Å². The molecular formula is C13H16BrF3N2O. The van der Waals surface area contributed by atoms with Crippen molar-refractivity contribution in [2.24, 2.45) is 0 Å². The van der Waals surface area contributed by atoms with Crippen molar-refractivity contribution in [1.29, 1.82) is 0 Å². The third-order valence-electron chi connectivity index (χ3n) is 3.29.